The maximum Gasteiger partial charge on any atom is 0.331 e. The van der Waals surface area contributed by atoms with Gasteiger partial charge in [-0.05, 0) is 36.6 Å². The number of non-ortho nitro benzene ring substituents is 1. The molecule has 0 spiro atoms. The van der Waals surface area contributed by atoms with Crippen LogP contribution >= 0.6 is 0 Å². The second-order valence-corrected chi connectivity index (χ2v) is 4.47. The Labute approximate surface area is 115 Å². The lowest BCUT2D eigenvalue weighted by molar-refractivity contribution is -0.384. The lowest BCUT2D eigenvalue weighted by Crippen LogP contribution is -2.20. The minimum absolute atomic E-state index is 0.0127. The minimum atomic E-state index is -0.621. The Kier molecular flexibility index (Phi) is 4.24. The molecule has 1 aliphatic rings. The first-order valence-corrected chi connectivity index (χ1v) is 6.22. The Hall–Kier alpha value is -2.50. The van der Waals surface area contributed by atoms with Gasteiger partial charge in [-0.25, -0.2) is 4.79 Å². The van der Waals surface area contributed by atoms with Crippen LogP contribution in [-0.2, 0) is 14.3 Å². The predicted octanol–water partition coefficient (Wildman–Crippen LogP) is 2.27. The number of carbonyl (C=O) groups is 2. The van der Waals surface area contributed by atoms with Crippen molar-refractivity contribution in [1.29, 1.82) is 0 Å². The number of hydrogen-bond acceptors (Lipinski definition) is 5. The Balaban J connectivity index is 1.93. The highest BCUT2D eigenvalue weighted by molar-refractivity contribution is 5.91. The van der Waals surface area contributed by atoms with Gasteiger partial charge in [0.05, 0.1) is 4.92 Å². The zero-order valence-corrected chi connectivity index (χ0v) is 10.7. The summed E-state index contributed by atoms with van der Waals surface area (Å²) in [5, 5.41) is 10.5. The summed E-state index contributed by atoms with van der Waals surface area (Å²) in [5.74, 6) is -0.620. The maximum atomic E-state index is 11.5. The van der Waals surface area contributed by atoms with Crippen LogP contribution in [0.3, 0.4) is 0 Å². The normalized spacial score (nSPS) is 18.4. The first-order valence-electron chi connectivity index (χ1n) is 6.22. The standard InChI is InChI=1S/C14H13NO5/c16-12-2-1-3-13(12)20-14(17)9-6-10-4-7-11(8-5-10)15(18)19/h4-9,13H,1-3H2/b9-6+/t13-/m1/s1. The fourth-order valence-corrected chi connectivity index (χ4v) is 1.96. The van der Waals surface area contributed by atoms with Gasteiger partial charge in [-0.3, -0.25) is 14.9 Å². The van der Waals surface area contributed by atoms with E-state index >= 15 is 0 Å². The van der Waals surface area contributed by atoms with Crippen LogP contribution in [0.25, 0.3) is 6.08 Å². The zero-order valence-electron chi connectivity index (χ0n) is 10.7. The molecule has 0 saturated heterocycles. The molecule has 1 aromatic rings. The fourth-order valence-electron chi connectivity index (χ4n) is 1.96. The van der Waals surface area contributed by atoms with Crippen molar-refractivity contribution in [3.63, 3.8) is 0 Å². The number of ketones is 1. The number of benzene rings is 1. The smallest absolute Gasteiger partial charge is 0.331 e. The molecule has 0 heterocycles. The molecule has 0 amide bonds. The van der Waals surface area contributed by atoms with Gasteiger partial charge in [0, 0.05) is 24.6 Å². The molecule has 0 bridgehead atoms. The topological polar surface area (TPSA) is 86.5 Å². The molecule has 6 heteroatoms. The number of Topliss-reactive ketones (excluding diaryl/α,β-unsaturated/α-hetero) is 1. The summed E-state index contributed by atoms with van der Waals surface area (Å²) in [7, 11) is 0. The van der Waals surface area contributed by atoms with Gasteiger partial charge in [0.25, 0.3) is 5.69 Å². The van der Waals surface area contributed by atoms with Gasteiger partial charge in [-0.15, -0.1) is 0 Å². The van der Waals surface area contributed by atoms with Crippen LogP contribution in [0.15, 0.2) is 30.3 Å². The lowest BCUT2D eigenvalue weighted by atomic mass is 10.2. The van der Waals surface area contributed by atoms with E-state index in [1.165, 1.54) is 36.4 Å². The van der Waals surface area contributed by atoms with Crippen molar-refractivity contribution >= 4 is 23.5 Å². The van der Waals surface area contributed by atoms with E-state index in [1.54, 1.807) is 0 Å². The molecule has 1 aromatic carbocycles. The largest absolute Gasteiger partial charge is 0.451 e. The molecule has 0 N–H and O–H groups in total. The molecule has 0 radical (unpaired) electrons. The van der Waals surface area contributed by atoms with Crippen LogP contribution in [0.2, 0.25) is 0 Å². The Bertz CT molecular complexity index is 561. The lowest BCUT2D eigenvalue weighted by Gasteiger charge is -2.07. The molecular formula is C14H13NO5. The van der Waals surface area contributed by atoms with Crippen LogP contribution in [0, 0.1) is 10.1 Å². The van der Waals surface area contributed by atoms with Gasteiger partial charge in [0.1, 0.15) is 0 Å². The van der Waals surface area contributed by atoms with Crippen molar-refractivity contribution in [2.75, 3.05) is 0 Å². The molecule has 0 aliphatic heterocycles. The Morgan fingerprint density at radius 3 is 2.60 bits per heavy atom. The SMILES string of the molecule is O=C(/C=C/c1ccc([N+](=O)[O-])cc1)O[C@@H]1CCCC1=O. The van der Waals surface area contributed by atoms with E-state index in [-0.39, 0.29) is 11.5 Å². The predicted molar refractivity (Wildman–Crippen MR) is 70.9 cm³/mol. The number of nitrogens with zero attached hydrogens (tertiary/aromatic N) is 1. The first kappa shape index (κ1) is 13.9. The third-order valence-electron chi connectivity index (χ3n) is 3.02. The van der Waals surface area contributed by atoms with Gasteiger partial charge in [0.2, 0.25) is 0 Å². The van der Waals surface area contributed by atoms with Gasteiger partial charge < -0.3 is 4.74 Å². The highest BCUT2D eigenvalue weighted by atomic mass is 16.6. The monoisotopic (exact) mass is 275 g/mol. The van der Waals surface area contributed by atoms with Crippen LogP contribution in [0.4, 0.5) is 5.69 Å². The van der Waals surface area contributed by atoms with E-state index < -0.39 is 17.0 Å². The summed E-state index contributed by atoms with van der Waals surface area (Å²) < 4.78 is 5.02. The molecule has 104 valence electrons. The molecule has 0 aromatic heterocycles. The summed E-state index contributed by atoms with van der Waals surface area (Å²) in [6, 6.07) is 5.77. The van der Waals surface area contributed by atoms with Crippen molar-refractivity contribution in [2.24, 2.45) is 0 Å². The summed E-state index contributed by atoms with van der Waals surface area (Å²) in [4.78, 5) is 32.8. The highest BCUT2D eigenvalue weighted by Crippen LogP contribution is 2.18. The third kappa shape index (κ3) is 3.50. The molecular weight excluding hydrogens is 262 g/mol. The number of rotatable bonds is 4. The molecule has 1 saturated carbocycles. The maximum absolute atomic E-state index is 11.5. The van der Waals surface area contributed by atoms with E-state index in [0.717, 1.165) is 6.42 Å². The van der Waals surface area contributed by atoms with Gasteiger partial charge in [-0.1, -0.05) is 0 Å². The third-order valence-corrected chi connectivity index (χ3v) is 3.02. The van der Waals surface area contributed by atoms with Crippen LogP contribution in [-0.4, -0.2) is 22.8 Å². The van der Waals surface area contributed by atoms with E-state index in [1.807, 2.05) is 0 Å². The van der Waals surface area contributed by atoms with E-state index in [9.17, 15) is 19.7 Å². The number of ether oxygens (including phenoxy) is 1. The quantitative estimate of drug-likeness (QED) is 0.364. The second-order valence-electron chi connectivity index (χ2n) is 4.47. The number of esters is 1. The Morgan fingerprint density at radius 2 is 2.05 bits per heavy atom. The van der Waals surface area contributed by atoms with Crippen LogP contribution < -0.4 is 0 Å². The molecule has 1 atom stereocenters. The van der Waals surface area contributed by atoms with Crippen molar-refractivity contribution in [1.82, 2.24) is 0 Å². The molecule has 0 unspecified atom stereocenters. The zero-order chi connectivity index (χ0) is 14.5. The van der Waals surface area contributed by atoms with Crippen molar-refractivity contribution < 1.29 is 19.2 Å². The first-order chi connectivity index (χ1) is 9.56. The number of carbonyl (C=O) groups excluding carboxylic acids is 2. The fraction of sp³-hybridized carbons (Fsp3) is 0.286. The molecule has 2 rings (SSSR count). The van der Waals surface area contributed by atoms with Gasteiger partial charge >= 0.3 is 5.97 Å². The van der Waals surface area contributed by atoms with Crippen molar-refractivity contribution in [3.05, 3.63) is 46.0 Å². The number of nitro groups is 1. The van der Waals surface area contributed by atoms with E-state index in [4.69, 9.17) is 4.74 Å². The molecule has 6 nitrogen and oxygen atoms in total. The average molecular weight is 275 g/mol. The molecule has 20 heavy (non-hydrogen) atoms. The Morgan fingerprint density at radius 1 is 1.35 bits per heavy atom. The van der Waals surface area contributed by atoms with Gasteiger partial charge in [-0.2, -0.15) is 0 Å². The van der Waals surface area contributed by atoms with Crippen LogP contribution in [0.5, 0.6) is 0 Å². The average Bonchev–Trinajstić information content (AvgIpc) is 2.82. The van der Waals surface area contributed by atoms with Crippen molar-refractivity contribution in [3.8, 4) is 0 Å². The summed E-state index contributed by atoms with van der Waals surface area (Å²) >= 11 is 0. The summed E-state index contributed by atoms with van der Waals surface area (Å²) in [5.41, 5.74) is 0.631. The van der Waals surface area contributed by atoms with E-state index in [2.05, 4.69) is 0 Å². The number of hydrogen-bond donors (Lipinski definition) is 0. The molecule has 1 aliphatic carbocycles. The van der Waals surface area contributed by atoms with Crippen molar-refractivity contribution in [2.45, 2.75) is 25.4 Å². The minimum Gasteiger partial charge on any atom is -0.451 e. The second kappa shape index (κ2) is 6.10. The highest BCUT2D eigenvalue weighted by Gasteiger charge is 2.27. The summed E-state index contributed by atoms with van der Waals surface area (Å²) in [6.45, 7) is 0. The summed E-state index contributed by atoms with van der Waals surface area (Å²) in [6.07, 6.45) is 3.88. The number of nitro benzene ring substituents is 1. The van der Waals surface area contributed by atoms with E-state index in [0.29, 0.717) is 18.4 Å². The van der Waals surface area contributed by atoms with Gasteiger partial charge in [0.15, 0.2) is 11.9 Å². The molecule has 1 fully saturated rings. The van der Waals surface area contributed by atoms with Crippen LogP contribution in [0.1, 0.15) is 24.8 Å².